The lowest BCUT2D eigenvalue weighted by Gasteiger charge is -2.38. The molecule has 25 heavy (non-hydrogen) atoms. The number of fused-ring (bicyclic) bond motifs is 1. The molecule has 0 unspecified atom stereocenters. The molecule has 2 N–H and O–H groups in total. The van der Waals surface area contributed by atoms with Gasteiger partial charge in [0.05, 0.1) is 11.7 Å². The average Bonchev–Trinajstić information content (AvgIpc) is 2.50. The smallest absolute Gasteiger partial charge is 0.171 e. The fraction of sp³-hybridized carbons (Fsp3) is 0.316. The van der Waals surface area contributed by atoms with E-state index in [2.05, 4.69) is 16.7 Å². The molecule has 0 aliphatic carbocycles. The summed E-state index contributed by atoms with van der Waals surface area (Å²) in [4.78, 5) is 0. The summed E-state index contributed by atoms with van der Waals surface area (Å²) in [5.74, 6) is -0.500. The van der Waals surface area contributed by atoms with Gasteiger partial charge in [-0.2, -0.15) is 0 Å². The minimum Gasteiger partial charge on any atom is -0.487 e. The minimum absolute atomic E-state index is 0.0674. The summed E-state index contributed by atoms with van der Waals surface area (Å²) < 4.78 is 32.8. The Kier molecular flexibility index (Phi) is 4.64. The van der Waals surface area contributed by atoms with Gasteiger partial charge >= 0.3 is 0 Å². The molecule has 2 aromatic rings. The zero-order valence-corrected chi connectivity index (χ0v) is 15.1. The summed E-state index contributed by atoms with van der Waals surface area (Å²) in [6.07, 6.45) is 0.706. The second-order valence-electron chi connectivity index (χ2n) is 6.88. The number of nitrogens with one attached hydrogen (secondary N) is 2. The van der Waals surface area contributed by atoms with Crippen molar-refractivity contribution in [1.82, 2.24) is 5.32 Å². The standard InChI is InChI=1S/C19H20F2N2OS/c1-11-4-7-17-13(8-11)16(10-19(2,3)24-17)23-18(25)22-15-6-5-12(20)9-14(15)21/h4-9,16H,10H2,1-3H3,(H2,22,23,25)/t16-/m0/s1. The first-order chi connectivity index (χ1) is 11.7. The Hall–Kier alpha value is -2.21. The van der Waals surface area contributed by atoms with E-state index in [1.807, 2.05) is 32.9 Å². The molecule has 0 fully saturated rings. The second-order valence-corrected chi connectivity index (χ2v) is 7.29. The van der Waals surface area contributed by atoms with E-state index in [1.165, 1.54) is 12.1 Å². The van der Waals surface area contributed by atoms with Crippen LogP contribution in [0.25, 0.3) is 0 Å². The van der Waals surface area contributed by atoms with Gasteiger partial charge in [0.2, 0.25) is 0 Å². The zero-order valence-electron chi connectivity index (χ0n) is 14.3. The number of anilines is 1. The third-order valence-electron chi connectivity index (χ3n) is 4.11. The first-order valence-electron chi connectivity index (χ1n) is 8.06. The van der Waals surface area contributed by atoms with Crippen molar-refractivity contribution in [1.29, 1.82) is 0 Å². The summed E-state index contributed by atoms with van der Waals surface area (Å²) in [5.41, 5.74) is 1.92. The molecule has 0 amide bonds. The van der Waals surface area contributed by atoms with Gasteiger partial charge in [0, 0.05) is 18.1 Å². The first-order valence-corrected chi connectivity index (χ1v) is 8.46. The van der Waals surface area contributed by atoms with Gasteiger partial charge in [-0.15, -0.1) is 0 Å². The maximum Gasteiger partial charge on any atom is 0.171 e. The highest BCUT2D eigenvalue weighted by atomic mass is 32.1. The lowest BCUT2D eigenvalue weighted by Crippen LogP contribution is -2.42. The molecule has 3 nitrogen and oxygen atoms in total. The third-order valence-corrected chi connectivity index (χ3v) is 4.33. The Morgan fingerprint density at radius 3 is 2.68 bits per heavy atom. The van der Waals surface area contributed by atoms with Gasteiger partial charge in [-0.05, 0) is 51.2 Å². The fourth-order valence-electron chi connectivity index (χ4n) is 3.01. The van der Waals surface area contributed by atoms with Gasteiger partial charge in [-0.3, -0.25) is 0 Å². The van der Waals surface area contributed by atoms with Crippen LogP contribution in [0.15, 0.2) is 36.4 Å². The second kappa shape index (κ2) is 6.59. The topological polar surface area (TPSA) is 33.3 Å². The number of hydrogen-bond acceptors (Lipinski definition) is 2. The van der Waals surface area contributed by atoms with Crippen molar-refractivity contribution in [3.63, 3.8) is 0 Å². The van der Waals surface area contributed by atoms with Gasteiger partial charge in [-0.1, -0.05) is 17.7 Å². The summed E-state index contributed by atoms with van der Waals surface area (Å²) in [6, 6.07) is 9.28. The third kappa shape index (κ3) is 4.07. The Balaban J connectivity index is 1.80. The van der Waals surface area contributed by atoms with E-state index in [4.69, 9.17) is 17.0 Å². The van der Waals surface area contributed by atoms with E-state index in [0.717, 1.165) is 22.9 Å². The number of rotatable bonds is 2. The van der Waals surface area contributed by atoms with Crippen LogP contribution in [0.4, 0.5) is 14.5 Å². The van der Waals surface area contributed by atoms with E-state index in [1.54, 1.807) is 0 Å². The van der Waals surface area contributed by atoms with Crippen molar-refractivity contribution >= 4 is 23.0 Å². The van der Waals surface area contributed by atoms with Crippen LogP contribution in [-0.4, -0.2) is 10.7 Å². The maximum absolute atomic E-state index is 13.8. The zero-order chi connectivity index (χ0) is 18.2. The largest absolute Gasteiger partial charge is 0.487 e. The van der Waals surface area contributed by atoms with Crippen molar-refractivity contribution in [2.75, 3.05) is 5.32 Å². The van der Waals surface area contributed by atoms with Crippen molar-refractivity contribution < 1.29 is 13.5 Å². The minimum atomic E-state index is -0.687. The van der Waals surface area contributed by atoms with Gasteiger partial charge in [0.15, 0.2) is 5.11 Å². The Morgan fingerprint density at radius 2 is 1.96 bits per heavy atom. The molecule has 0 radical (unpaired) electrons. The average molecular weight is 362 g/mol. The van der Waals surface area contributed by atoms with Gasteiger partial charge in [0.25, 0.3) is 0 Å². The molecular formula is C19H20F2N2OS. The van der Waals surface area contributed by atoms with Crippen LogP contribution in [0.3, 0.4) is 0 Å². The molecule has 0 spiro atoms. The lowest BCUT2D eigenvalue weighted by molar-refractivity contribution is 0.0696. The molecule has 1 heterocycles. The molecule has 2 aromatic carbocycles. The Morgan fingerprint density at radius 1 is 1.20 bits per heavy atom. The van der Waals surface area contributed by atoms with Crippen LogP contribution in [0, 0.1) is 18.6 Å². The van der Waals surface area contributed by atoms with Crippen molar-refractivity contribution in [3.8, 4) is 5.75 Å². The van der Waals surface area contributed by atoms with Crippen LogP contribution < -0.4 is 15.4 Å². The molecule has 0 saturated heterocycles. The molecule has 6 heteroatoms. The summed E-state index contributed by atoms with van der Waals surface area (Å²) in [7, 11) is 0. The van der Waals surface area contributed by atoms with E-state index in [9.17, 15) is 8.78 Å². The summed E-state index contributed by atoms with van der Waals surface area (Å²) in [5, 5.41) is 6.30. The quantitative estimate of drug-likeness (QED) is 0.748. The molecular weight excluding hydrogens is 342 g/mol. The summed E-state index contributed by atoms with van der Waals surface area (Å²) in [6.45, 7) is 6.04. The predicted molar refractivity (Wildman–Crippen MR) is 99.0 cm³/mol. The molecule has 1 aliphatic heterocycles. The fourth-order valence-corrected chi connectivity index (χ4v) is 3.26. The van der Waals surface area contributed by atoms with Crippen LogP contribution in [0.1, 0.15) is 37.4 Å². The summed E-state index contributed by atoms with van der Waals surface area (Å²) >= 11 is 5.32. The normalized spacial score (nSPS) is 18.0. The van der Waals surface area contributed by atoms with Gasteiger partial charge < -0.3 is 15.4 Å². The number of aryl methyl sites for hydroxylation is 1. The van der Waals surface area contributed by atoms with E-state index in [0.29, 0.717) is 6.42 Å². The van der Waals surface area contributed by atoms with Gasteiger partial charge in [0.1, 0.15) is 23.0 Å². The molecule has 0 bridgehead atoms. The number of halogens is 2. The highest BCUT2D eigenvalue weighted by molar-refractivity contribution is 7.80. The molecule has 1 aliphatic rings. The van der Waals surface area contributed by atoms with Crippen molar-refractivity contribution in [2.24, 2.45) is 0 Å². The SMILES string of the molecule is Cc1ccc2c(c1)[C@@H](NC(=S)Nc1ccc(F)cc1F)CC(C)(C)O2. The van der Waals surface area contributed by atoms with E-state index >= 15 is 0 Å². The molecule has 1 atom stereocenters. The Labute approximate surface area is 151 Å². The van der Waals surface area contributed by atoms with Crippen LogP contribution in [0.5, 0.6) is 5.75 Å². The highest BCUT2D eigenvalue weighted by Gasteiger charge is 2.34. The Bertz CT molecular complexity index is 823. The molecule has 0 aromatic heterocycles. The lowest BCUT2D eigenvalue weighted by atomic mass is 9.89. The highest BCUT2D eigenvalue weighted by Crippen LogP contribution is 2.39. The van der Waals surface area contributed by atoms with Crippen molar-refractivity contribution in [2.45, 2.75) is 38.8 Å². The monoisotopic (exact) mass is 362 g/mol. The molecule has 132 valence electrons. The first kappa shape index (κ1) is 17.6. The van der Waals surface area contributed by atoms with Gasteiger partial charge in [-0.25, -0.2) is 8.78 Å². The van der Waals surface area contributed by atoms with E-state index < -0.39 is 11.6 Å². The van der Waals surface area contributed by atoms with Crippen molar-refractivity contribution in [3.05, 3.63) is 59.2 Å². The van der Waals surface area contributed by atoms with Crippen LogP contribution >= 0.6 is 12.2 Å². The number of benzene rings is 2. The molecule has 0 saturated carbocycles. The maximum atomic E-state index is 13.8. The number of hydrogen-bond donors (Lipinski definition) is 2. The number of ether oxygens (including phenoxy) is 1. The number of thiocarbonyl (C=S) groups is 1. The van der Waals surface area contributed by atoms with E-state index in [-0.39, 0.29) is 22.4 Å². The van der Waals surface area contributed by atoms with Crippen LogP contribution in [0.2, 0.25) is 0 Å². The predicted octanol–water partition coefficient (Wildman–Crippen LogP) is 4.86. The van der Waals surface area contributed by atoms with Crippen LogP contribution in [-0.2, 0) is 0 Å². The molecule has 3 rings (SSSR count).